The van der Waals surface area contributed by atoms with Crippen LogP contribution < -0.4 is 15.0 Å². The summed E-state index contributed by atoms with van der Waals surface area (Å²) in [6.45, 7) is 14.8. The first kappa shape index (κ1) is 26.9. The molecule has 2 aromatic carbocycles. The molecule has 2 amide bonds. The molecule has 0 unspecified atom stereocenters. The van der Waals surface area contributed by atoms with Gasteiger partial charge in [0.1, 0.15) is 5.75 Å². The van der Waals surface area contributed by atoms with Gasteiger partial charge in [0, 0.05) is 38.3 Å². The van der Waals surface area contributed by atoms with Crippen molar-refractivity contribution in [3.05, 3.63) is 53.1 Å². The molecule has 0 bridgehead atoms. The number of hydrogen-bond donors (Lipinski definition) is 1. The molecular weight excluding hydrogens is 462 g/mol. The molecule has 1 fully saturated rings. The first-order chi connectivity index (χ1) is 16.4. The molecule has 0 spiro atoms. The molecule has 1 aliphatic heterocycles. The largest absolute Gasteiger partial charge is 0.478 e. The molecular formula is C28H38ClN3O3. The number of carbonyl (C=O) groups excluding carboxylic acids is 2. The van der Waals surface area contributed by atoms with Crippen LogP contribution in [-0.4, -0.2) is 48.5 Å². The number of benzene rings is 2. The van der Waals surface area contributed by atoms with E-state index >= 15 is 0 Å². The SMILES string of the molecule is CCCC(=O)N1CCN(c2ccc(NC(=O)C(C)(C)Oc3ccc(C(C)(C)C)cc3)cc2Cl)CC1. The highest BCUT2D eigenvalue weighted by Crippen LogP contribution is 2.31. The second-order valence-corrected chi connectivity index (χ2v) is 11.0. The number of nitrogens with one attached hydrogen (secondary N) is 1. The molecule has 7 heteroatoms. The summed E-state index contributed by atoms with van der Waals surface area (Å²) in [5.74, 6) is 0.596. The van der Waals surface area contributed by atoms with E-state index in [0.717, 1.165) is 25.2 Å². The molecule has 0 radical (unpaired) electrons. The summed E-state index contributed by atoms with van der Waals surface area (Å²) in [4.78, 5) is 29.2. The number of anilines is 2. The van der Waals surface area contributed by atoms with Gasteiger partial charge in [-0.2, -0.15) is 0 Å². The van der Waals surface area contributed by atoms with Crippen LogP contribution in [0, 0.1) is 0 Å². The number of carbonyl (C=O) groups is 2. The van der Waals surface area contributed by atoms with Crippen LogP contribution in [0.5, 0.6) is 5.75 Å². The van der Waals surface area contributed by atoms with E-state index in [0.29, 0.717) is 36.0 Å². The standard InChI is InChI=1S/C28H38ClN3O3/c1-7-8-25(33)32-17-15-31(16-18-32)24-14-11-21(19-23(24)29)30-26(34)28(5,6)35-22-12-9-20(10-13-22)27(2,3)4/h9-14,19H,7-8,15-18H2,1-6H3,(H,30,34). The summed E-state index contributed by atoms with van der Waals surface area (Å²) < 4.78 is 6.01. The molecule has 0 saturated carbocycles. The van der Waals surface area contributed by atoms with Crippen LogP contribution in [-0.2, 0) is 15.0 Å². The van der Waals surface area contributed by atoms with Crippen LogP contribution in [0.4, 0.5) is 11.4 Å². The number of piperazine rings is 1. The Morgan fingerprint density at radius 3 is 2.14 bits per heavy atom. The average Bonchev–Trinajstić information content (AvgIpc) is 2.79. The van der Waals surface area contributed by atoms with Gasteiger partial charge in [0.05, 0.1) is 10.7 Å². The maximum Gasteiger partial charge on any atom is 0.267 e. The van der Waals surface area contributed by atoms with Crippen LogP contribution in [0.25, 0.3) is 0 Å². The Morgan fingerprint density at radius 2 is 1.60 bits per heavy atom. The van der Waals surface area contributed by atoms with E-state index in [4.69, 9.17) is 16.3 Å². The molecule has 190 valence electrons. The Balaban J connectivity index is 1.60. The fraction of sp³-hybridized carbons (Fsp3) is 0.500. The second kappa shape index (κ2) is 10.9. The zero-order valence-electron chi connectivity index (χ0n) is 21.8. The van der Waals surface area contributed by atoms with Crippen molar-refractivity contribution in [2.75, 3.05) is 36.4 Å². The predicted molar refractivity (Wildman–Crippen MR) is 144 cm³/mol. The average molecular weight is 500 g/mol. The summed E-state index contributed by atoms with van der Waals surface area (Å²) in [5.41, 5.74) is 1.70. The number of ether oxygens (including phenoxy) is 1. The molecule has 1 N–H and O–H groups in total. The number of nitrogens with zero attached hydrogens (tertiary/aromatic N) is 2. The fourth-order valence-corrected chi connectivity index (χ4v) is 4.36. The minimum absolute atomic E-state index is 0.0525. The topological polar surface area (TPSA) is 61.9 Å². The lowest BCUT2D eigenvalue weighted by Gasteiger charge is -2.36. The van der Waals surface area contributed by atoms with Crippen molar-refractivity contribution in [1.29, 1.82) is 0 Å². The van der Waals surface area contributed by atoms with Crippen molar-refractivity contribution in [3.63, 3.8) is 0 Å². The van der Waals surface area contributed by atoms with Crippen LogP contribution in [0.15, 0.2) is 42.5 Å². The van der Waals surface area contributed by atoms with Gasteiger partial charge in [-0.15, -0.1) is 0 Å². The molecule has 0 aromatic heterocycles. The number of rotatable bonds is 7. The number of hydrogen-bond acceptors (Lipinski definition) is 4. The molecule has 2 aromatic rings. The van der Waals surface area contributed by atoms with Crippen LogP contribution >= 0.6 is 11.6 Å². The van der Waals surface area contributed by atoms with Crippen molar-refractivity contribution in [2.24, 2.45) is 0 Å². The van der Waals surface area contributed by atoms with Crippen molar-refractivity contribution >= 4 is 34.8 Å². The first-order valence-corrected chi connectivity index (χ1v) is 12.7. The van der Waals surface area contributed by atoms with Gasteiger partial charge in [0.25, 0.3) is 5.91 Å². The molecule has 0 aliphatic carbocycles. The van der Waals surface area contributed by atoms with Crippen LogP contribution in [0.3, 0.4) is 0 Å². The highest BCUT2D eigenvalue weighted by atomic mass is 35.5. The van der Waals surface area contributed by atoms with Gasteiger partial charge in [-0.3, -0.25) is 9.59 Å². The highest BCUT2D eigenvalue weighted by molar-refractivity contribution is 6.33. The lowest BCUT2D eigenvalue weighted by molar-refractivity contribution is -0.131. The molecule has 1 aliphatic rings. The zero-order chi connectivity index (χ0) is 25.8. The van der Waals surface area contributed by atoms with E-state index in [1.54, 1.807) is 19.9 Å². The Kier molecular flexibility index (Phi) is 8.37. The lowest BCUT2D eigenvalue weighted by atomic mass is 9.87. The van der Waals surface area contributed by atoms with Crippen molar-refractivity contribution in [1.82, 2.24) is 4.90 Å². The summed E-state index contributed by atoms with van der Waals surface area (Å²) in [6.07, 6.45) is 1.46. The van der Waals surface area contributed by atoms with Gasteiger partial charge in [-0.1, -0.05) is 51.4 Å². The normalized spacial score (nSPS) is 14.6. The zero-order valence-corrected chi connectivity index (χ0v) is 22.5. The summed E-state index contributed by atoms with van der Waals surface area (Å²) in [5, 5.41) is 3.49. The van der Waals surface area contributed by atoms with E-state index in [1.165, 1.54) is 5.56 Å². The van der Waals surface area contributed by atoms with Crippen LogP contribution in [0.1, 0.15) is 59.9 Å². The van der Waals surface area contributed by atoms with Crippen molar-refractivity contribution in [2.45, 2.75) is 65.4 Å². The Bertz CT molecular complexity index is 1040. The third-order valence-corrected chi connectivity index (χ3v) is 6.59. The smallest absolute Gasteiger partial charge is 0.267 e. The monoisotopic (exact) mass is 499 g/mol. The van der Waals surface area contributed by atoms with E-state index in [-0.39, 0.29) is 17.2 Å². The third kappa shape index (κ3) is 6.91. The van der Waals surface area contributed by atoms with Gasteiger partial charge in [-0.05, 0) is 61.6 Å². The fourth-order valence-electron chi connectivity index (χ4n) is 4.06. The van der Waals surface area contributed by atoms with Gasteiger partial charge in [0.2, 0.25) is 5.91 Å². The minimum Gasteiger partial charge on any atom is -0.478 e. The Hall–Kier alpha value is -2.73. The Labute approximate surface area is 214 Å². The van der Waals surface area contributed by atoms with E-state index in [2.05, 4.69) is 31.0 Å². The Morgan fingerprint density at radius 1 is 0.971 bits per heavy atom. The predicted octanol–water partition coefficient (Wildman–Crippen LogP) is 5.88. The molecule has 1 heterocycles. The lowest BCUT2D eigenvalue weighted by Crippen LogP contribution is -2.48. The number of halogens is 1. The highest BCUT2D eigenvalue weighted by Gasteiger charge is 2.30. The van der Waals surface area contributed by atoms with Gasteiger partial charge >= 0.3 is 0 Å². The molecule has 1 saturated heterocycles. The minimum atomic E-state index is -1.07. The second-order valence-electron chi connectivity index (χ2n) is 10.6. The molecule has 35 heavy (non-hydrogen) atoms. The summed E-state index contributed by atoms with van der Waals surface area (Å²) in [7, 11) is 0. The van der Waals surface area contributed by atoms with E-state index < -0.39 is 5.60 Å². The van der Waals surface area contributed by atoms with Gasteiger partial charge < -0.3 is 19.9 Å². The van der Waals surface area contributed by atoms with E-state index in [9.17, 15) is 9.59 Å². The van der Waals surface area contributed by atoms with Gasteiger partial charge in [0.15, 0.2) is 5.60 Å². The maximum absolute atomic E-state index is 13.0. The third-order valence-electron chi connectivity index (χ3n) is 6.28. The van der Waals surface area contributed by atoms with E-state index in [1.807, 2.05) is 48.2 Å². The molecule has 0 atom stereocenters. The first-order valence-electron chi connectivity index (χ1n) is 12.3. The summed E-state index contributed by atoms with van der Waals surface area (Å²) in [6, 6.07) is 13.4. The summed E-state index contributed by atoms with van der Waals surface area (Å²) >= 11 is 6.59. The van der Waals surface area contributed by atoms with Gasteiger partial charge in [-0.25, -0.2) is 0 Å². The van der Waals surface area contributed by atoms with Crippen LogP contribution in [0.2, 0.25) is 5.02 Å². The van der Waals surface area contributed by atoms with Crippen molar-refractivity contribution < 1.29 is 14.3 Å². The molecule has 6 nitrogen and oxygen atoms in total. The molecule has 3 rings (SSSR count). The maximum atomic E-state index is 13.0. The van der Waals surface area contributed by atoms with Crippen molar-refractivity contribution in [3.8, 4) is 5.75 Å². The number of amides is 2. The quantitative estimate of drug-likeness (QED) is 0.516.